The Morgan fingerprint density at radius 3 is 2.30 bits per heavy atom. The summed E-state index contributed by atoms with van der Waals surface area (Å²) in [6, 6.07) is 16.8. The monoisotopic (exact) mass is 809 g/mol. The van der Waals surface area contributed by atoms with Gasteiger partial charge in [-0.05, 0) is 66.8 Å². The van der Waals surface area contributed by atoms with Gasteiger partial charge in [0.15, 0.2) is 5.82 Å². The maximum atomic E-state index is 14.2. The molecule has 2 aromatic heterocycles. The number of halogens is 1. The summed E-state index contributed by atoms with van der Waals surface area (Å²) < 4.78 is 51.8. The van der Waals surface area contributed by atoms with E-state index >= 15 is 0 Å². The first-order valence-corrected chi connectivity index (χ1v) is 21.6. The molecule has 0 bridgehead atoms. The zero-order chi connectivity index (χ0) is 40.8. The number of phosphoric ester groups is 1. The van der Waals surface area contributed by atoms with Gasteiger partial charge in [-0.2, -0.15) is 10.4 Å². The van der Waals surface area contributed by atoms with E-state index in [1.807, 2.05) is 30.3 Å². The van der Waals surface area contributed by atoms with Crippen molar-refractivity contribution in [3.05, 3.63) is 94.7 Å². The standard InChI is InChI=1S/C42H57FN5O8P/c1-3-4-5-6-7-8-9-10-11-12-13-14-15-30-16-18-33(19-17-30)37(53-26-32-22-31(25-44)23-34(43)24-32)27-54-57(51,52)55-28-42(2)40(50)38(49)39(56-42)35-20-21-36-41(45)46-29-47-48(35)36/h16-24,29,37-40,49-50H,3-15,26-28H2,1-2H3,(H,51,52)(H2,45,46,47)/t37-,38-,39-,40-,42+/m0/s1. The molecule has 5 N–H and O–H groups in total. The summed E-state index contributed by atoms with van der Waals surface area (Å²) in [5, 5.41) is 35.4. The van der Waals surface area contributed by atoms with Crippen molar-refractivity contribution < 1.29 is 42.6 Å². The number of hydrogen-bond acceptors (Lipinski definition) is 11. The average molecular weight is 810 g/mol. The highest BCUT2D eigenvalue weighted by molar-refractivity contribution is 7.47. The fraction of sp³-hybridized carbons (Fsp3) is 0.548. The van der Waals surface area contributed by atoms with Crippen LogP contribution in [0.4, 0.5) is 10.2 Å². The van der Waals surface area contributed by atoms with Crippen molar-refractivity contribution in [1.29, 1.82) is 5.26 Å². The van der Waals surface area contributed by atoms with Crippen molar-refractivity contribution in [1.82, 2.24) is 14.6 Å². The van der Waals surface area contributed by atoms with Gasteiger partial charge >= 0.3 is 7.82 Å². The maximum absolute atomic E-state index is 14.2. The number of ether oxygens (including phenoxy) is 2. The Kier molecular flexibility index (Phi) is 16.6. The van der Waals surface area contributed by atoms with E-state index in [1.54, 1.807) is 12.1 Å². The van der Waals surface area contributed by atoms with Crippen LogP contribution in [-0.2, 0) is 36.1 Å². The van der Waals surface area contributed by atoms with Crippen molar-refractivity contribution in [2.75, 3.05) is 18.9 Å². The van der Waals surface area contributed by atoms with Gasteiger partial charge in [-0.1, -0.05) is 102 Å². The van der Waals surface area contributed by atoms with Crippen LogP contribution >= 0.6 is 7.82 Å². The molecule has 5 rings (SSSR count). The molecule has 2 aromatic carbocycles. The van der Waals surface area contributed by atoms with E-state index in [0.29, 0.717) is 22.3 Å². The highest BCUT2D eigenvalue weighted by Crippen LogP contribution is 2.48. The molecule has 1 fully saturated rings. The van der Waals surface area contributed by atoms with Gasteiger partial charge in [0.1, 0.15) is 47.7 Å². The van der Waals surface area contributed by atoms with Crippen molar-refractivity contribution in [2.45, 2.75) is 134 Å². The summed E-state index contributed by atoms with van der Waals surface area (Å²) in [7, 11) is -4.79. The Morgan fingerprint density at radius 1 is 0.965 bits per heavy atom. The average Bonchev–Trinajstić information content (AvgIpc) is 3.73. The molecule has 1 aliphatic rings. The van der Waals surface area contributed by atoms with E-state index in [0.717, 1.165) is 30.9 Å². The van der Waals surface area contributed by atoms with E-state index in [1.165, 1.54) is 94.1 Å². The Hall–Kier alpha value is -3.77. The van der Waals surface area contributed by atoms with E-state index in [-0.39, 0.29) is 18.0 Å². The second kappa shape index (κ2) is 21.3. The normalized spacial score (nSPS) is 21.1. The van der Waals surface area contributed by atoms with Crippen molar-refractivity contribution in [3.8, 4) is 6.07 Å². The van der Waals surface area contributed by atoms with Crippen molar-refractivity contribution >= 4 is 19.2 Å². The number of nitriles is 1. The minimum atomic E-state index is -4.79. The van der Waals surface area contributed by atoms with Crippen LogP contribution in [0.1, 0.15) is 131 Å². The van der Waals surface area contributed by atoms with Crippen molar-refractivity contribution in [2.24, 2.45) is 0 Å². The number of aryl methyl sites for hydroxylation is 1. The van der Waals surface area contributed by atoms with Crippen LogP contribution in [0.2, 0.25) is 0 Å². The number of nitrogens with zero attached hydrogens (tertiary/aromatic N) is 4. The summed E-state index contributed by atoms with van der Waals surface area (Å²) in [5.41, 5.74) is 7.53. The van der Waals surface area contributed by atoms with Gasteiger partial charge in [0, 0.05) is 0 Å². The Balaban J connectivity index is 1.15. The molecule has 3 heterocycles. The van der Waals surface area contributed by atoms with E-state index < -0.39 is 56.9 Å². The topological polar surface area (TPSA) is 195 Å². The fourth-order valence-electron chi connectivity index (χ4n) is 7.21. The lowest BCUT2D eigenvalue weighted by molar-refractivity contribution is -0.101. The number of nitrogen functional groups attached to an aromatic ring is 1. The quantitative estimate of drug-likeness (QED) is 0.0392. The highest BCUT2D eigenvalue weighted by Gasteiger charge is 2.53. The molecule has 0 saturated carbocycles. The number of nitrogens with two attached hydrogens (primary N) is 1. The summed E-state index contributed by atoms with van der Waals surface area (Å²) in [5.74, 6) is -0.375. The van der Waals surface area contributed by atoms with Crippen LogP contribution in [0.25, 0.3) is 5.52 Å². The Bertz CT molecular complexity index is 1960. The third kappa shape index (κ3) is 12.6. The van der Waals surface area contributed by atoms with Gasteiger partial charge in [0.05, 0.1) is 37.1 Å². The van der Waals surface area contributed by atoms with E-state index in [9.17, 15) is 29.3 Å². The molecule has 57 heavy (non-hydrogen) atoms. The number of rotatable bonds is 24. The molecule has 310 valence electrons. The van der Waals surface area contributed by atoms with Gasteiger partial charge in [0.2, 0.25) is 0 Å². The smallest absolute Gasteiger partial charge is 0.387 e. The van der Waals surface area contributed by atoms with Crippen LogP contribution in [0.15, 0.2) is 60.9 Å². The van der Waals surface area contributed by atoms with E-state index in [4.69, 9.17) is 24.3 Å². The highest BCUT2D eigenvalue weighted by atomic mass is 31.2. The molecule has 0 aliphatic carbocycles. The second-order valence-electron chi connectivity index (χ2n) is 15.2. The Morgan fingerprint density at radius 2 is 1.63 bits per heavy atom. The van der Waals surface area contributed by atoms with Gasteiger partial charge in [-0.15, -0.1) is 0 Å². The third-order valence-corrected chi connectivity index (χ3v) is 11.5. The molecule has 0 radical (unpaired) electrons. The molecule has 1 unspecified atom stereocenters. The molecule has 4 aromatic rings. The van der Waals surface area contributed by atoms with Crippen LogP contribution in [0.5, 0.6) is 0 Å². The lowest BCUT2D eigenvalue weighted by Crippen LogP contribution is -2.44. The molecule has 13 nitrogen and oxygen atoms in total. The van der Waals surface area contributed by atoms with Gasteiger partial charge < -0.3 is 30.3 Å². The maximum Gasteiger partial charge on any atom is 0.472 e. The Labute approximate surface area is 334 Å². The number of unbranched alkanes of at least 4 members (excludes halogenated alkanes) is 11. The molecule has 15 heteroatoms. The third-order valence-electron chi connectivity index (χ3n) is 10.6. The van der Waals surface area contributed by atoms with Crippen LogP contribution in [-0.4, -0.2) is 60.7 Å². The molecule has 0 spiro atoms. The number of aliphatic hydroxyl groups excluding tert-OH is 2. The first-order chi connectivity index (χ1) is 27.4. The summed E-state index contributed by atoms with van der Waals surface area (Å²) in [6.45, 7) is 2.54. The minimum Gasteiger partial charge on any atom is -0.387 e. The van der Waals surface area contributed by atoms with Crippen LogP contribution < -0.4 is 5.73 Å². The summed E-state index contributed by atoms with van der Waals surface area (Å²) in [6.07, 6.45) is 12.6. The largest absolute Gasteiger partial charge is 0.472 e. The van der Waals surface area contributed by atoms with Gasteiger partial charge in [-0.25, -0.2) is 18.5 Å². The summed E-state index contributed by atoms with van der Waals surface area (Å²) in [4.78, 5) is 14.7. The molecule has 6 atom stereocenters. The molecular formula is C42H57FN5O8P. The predicted molar refractivity (Wildman–Crippen MR) is 213 cm³/mol. The second-order valence-corrected chi connectivity index (χ2v) is 16.6. The van der Waals surface area contributed by atoms with Gasteiger partial charge in [0.25, 0.3) is 0 Å². The number of fused-ring (bicyclic) bond motifs is 1. The lowest BCUT2D eigenvalue weighted by atomic mass is 9.97. The van der Waals surface area contributed by atoms with Gasteiger partial charge in [-0.3, -0.25) is 9.05 Å². The molecule has 1 aliphatic heterocycles. The fourth-order valence-corrected chi connectivity index (χ4v) is 8.03. The predicted octanol–water partition coefficient (Wildman–Crippen LogP) is 8.21. The number of phosphoric acid groups is 1. The lowest BCUT2D eigenvalue weighted by Gasteiger charge is -2.28. The number of benzene rings is 2. The minimum absolute atomic E-state index is 0.111. The zero-order valence-corrected chi connectivity index (χ0v) is 33.9. The zero-order valence-electron chi connectivity index (χ0n) is 33.0. The first kappa shape index (κ1) is 44.3. The number of aromatic nitrogens is 3. The summed E-state index contributed by atoms with van der Waals surface area (Å²) >= 11 is 0. The number of anilines is 1. The molecular weight excluding hydrogens is 752 g/mol. The van der Waals surface area contributed by atoms with E-state index in [2.05, 4.69) is 17.0 Å². The molecule has 0 amide bonds. The number of aliphatic hydroxyl groups is 2. The van der Waals surface area contributed by atoms with Crippen molar-refractivity contribution in [3.63, 3.8) is 0 Å². The number of hydrogen-bond donors (Lipinski definition) is 4. The van der Waals surface area contributed by atoms with Crippen LogP contribution in [0.3, 0.4) is 0 Å². The van der Waals surface area contributed by atoms with Crippen LogP contribution in [0, 0.1) is 17.1 Å². The first-order valence-electron chi connectivity index (χ1n) is 20.1. The SMILES string of the molecule is CCCCCCCCCCCCCCc1ccc([C@H](COP(=O)(O)OC[C@@]2(C)O[C@@H](c3ccc4c(N)ncnn34)[C@H](O)[C@@H]2O)OCc2cc(F)cc(C#N)c2)cc1. The molecule has 1 saturated heterocycles.